The molecule has 2 atom stereocenters. The second-order valence-electron chi connectivity index (χ2n) is 9.80. The lowest BCUT2D eigenvalue weighted by atomic mass is 9.94. The van der Waals surface area contributed by atoms with Crippen molar-refractivity contribution in [2.24, 2.45) is 0 Å². The number of hydrogen-bond acceptors (Lipinski definition) is 7. The number of benzene rings is 2. The average molecular weight is 438 g/mol. The van der Waals surface area contributed by atoms with E-state index in [9.17, 15) is 20.1 Å². The molecule has 0 unspecified atom stereocenters. The quantitative estimate of drug-likeness (QED) is 0.576. The third-order valence-corrected chi connectivity index (χ3v) is 6.38. The van der Waals surface area contributed by atoms with E-state index >= 15 is 0 Å². The molecule has 2 aliphatic heterocycles. The second kappa shape index (κ2) is 6.73. The van der Waals surface area contributed by atoms with Crippen molar-refractivity contribution in [1.82, 2.24) is 0 Å². The summed E-state index contributed by atoms with van der Waals surface area (Å²) in [4.78, 5) is 13.4. The van der Waals surface area contributed by atoms with Crippen molar-refractivity contribution in [2.45, 2.75) is 63.9 Å². The highest BCUT2D eigenvalue weighted by Crippen LogP contribution is 2.43. The monoisotopic (exact) mass is 438 g/mol. The molecule has 7 heteroatoms. The van der Waals surface area contributed by atoms with E-state index in [0.29, 0.717) is 41.0 Å². The van der Waals surface area contributed by atoms with E-state index in [2.05, 4.69) is 0 Å². The third-order valence-electron chi connectivity index (χ3n) is 6.38. The van der Waals surface area contributed by atoms with Crippen LogP contribution in [0, 0.1) is 0 Å². The minimum Gasteiger partial charge on any atom is -0.507 e. The van der Waals surface area contributed by atoms with Gasteiger partial charge in [0, 0.05) is 24.5 Å². The Morgan fingerprint density at radius 2 is 1.59 bits per heavy atom. The summed E-state index contributed by atoms with van der Waals surface area (Å²) in [7, 11) is 0. The SMILES string of the molecule is CC(C)(O)[C@@H]1Cc2cc(-c3coc4cc5c(c(O)c4c3=O)C[C@H](C(C)(C)O)O5)ccc2O1. The van der Waals surface area contributed by atoms with E-state index in [-0.39, 0.29) is 28.3 Å². The molecule has 0 fully saturated rings. The van der Waals surface area contributed by atoms with Crippen LogP contribution in [0.2, 0.25) is 0 Å². The summed E-state index contributed by atoms with van der Waals surface area (Å²) in [6, 6.07) is 6.99. The van der Waals surface area contributed by atoms with Crippen LogP contribution in [0.15, 0.2) is 39.7 Å². The van der Waals surface area contributed by atoms with Crippen LogP contribution in [0.25, 0.3) is 22.1 Å². The Balaban J connectivity index is 1.57. The topological polar surface area (TPSA) is 109 Å². The minimum absolute atomic E-state index is 0.0902. The normalized spacial score (nSPS) is 20.1. The van der Waals surface area contributed by atoms with Crippen molar-refractivity contribution in [3.05, 3.63) is 51.9 Å². The fourth-order valence-electron chi connectivity index (χ4n) is 4.37. The molecule has 0 saturated heterocycles. The van der Waals surface area contributed by atoms with Crippen molar-refractivity contribution in [2.75, 3.05) is 0 Å². The van der Waals surface area contributed by atoms with Crippen molar-refractivity contribution in [1.29, 1.82) is 0 Å². The Labute approximate surface area is 184 Å². The number of aliphatic hydroxyl groups is 2. The molecule has 3 aromatic rings. The van der Waals surface area contributed by atoms with Gasteiger partial charge in [-0.1, -0.05) is 6.07 Å². The van der Waals surface area contributed by atoms with Gasteiger partial charge < -0.3 is 29.2 Å². The average Bonchev–Trinajstić information content (AvgIpc) is 3.31. The maximum Gasteiger partial charge on any atom is 0.204 e. The van der Waals surface area contributed by atoms with Gasteiger partial charge in [0.15, 0.2) is 0 Å². The summed E-state index contributed by atoms with van der Waals surface area (Å²) >= 11 is 0. The van der Waals surface area contributed by atoms with E-state index in [1.807, 2.05) is 6.07 Å². The van der Waals surface area contributed by atoms with E-state index in [0.717, 1.165) is 5.56 Å². The summed E-state index contributed by atoms with van der Waals surface area (Å²) < 4.78 is 17.4. The van der Waals surface area contributed by atoms with E-state index in [1.165, 1.54) is 6.26 Å². The standard InChI is InChI=1S/C25H26O7/c1-24(2,28)19-8-13-7-12(5-6-16(13)31-19)15-11-30-18-10-17-14(22(26)21(18)23(15)27)9-20(32-17)25(3,4)29/h5-7,10-11,19-20,26,28-29H,8-9H2,1-4H3/t19-,20+/m0/s1. The van der Waals surface area contributed by atoms with Crippen molar-refractivity contribution < 1.29 is 29.2 Å². The molecule has 2 aromatic carbocycles. The molecule has 0 saturated carbocycles. The van der Waals surface area contributed by atoms with Crippen LogP contribution in [0.4, 0.5) is 0 Å². The largest absolute Gasteiger partial charge is 0.507 e. The number of ether oxygens (including phenoxy) is 2. The third kappa shape index (κ3) is 3.24. The van der Waals surface area contributed by atoms with Crippen LogP contribution in [0.1, 0.15) is 38.8 Å². The van der Waals surface area contributed by atoms with Gasteiger partial charge in [-0.25, -0.2) is 0 Å². The van der Waals surface area contributed by atoms with Gasteiger partial charge in [0.1, 0.15) is 46.7 Å². The van der Waals surface area contributed by atoms with Gasteiger partial charge in [-0.15, -0.1) is 0 Å². The molecule has 168 valence electrons. The van der Waals surface area contributed by atoms with E-state index in [1.54, 1.807) is 45.9 Å². The van der Waals surface area contributed by atoms with Gasteiger partial charge in [-0.3, -0.25) is 4.79 Å². The van der Waals surface area contributed by atoms with Gasteiger partial charge in [0.05, 0.1) is 16.8 Å². The number of rotatable bonds is 3. The highest BCUT2D eigenvalue weighted by atomic mass is 16.5. The Kier molecular flexibility index (Phi) is 4.39. The molecular weight excluding hydrogens is 412 g/mol. The second-order valence-corrected chi connectivity index (χ2v) is 9.80. The fraction of sp³-hybridized carbons (Fsp3) is 0.400. The van der Waals surface area contributed by atoms with E-state index in [4.69, 9.17) is 13.9 Å². The van der Waals surface area contributed by atoms with Gasteiger partial charge >= 0.3 is 0 Å². The number of aromatic hydroxyl groups is 1. The molecule has 0 spiro atoms. The van der Waals surface area contributed by atoms with Crippen molar-refractivity contribution in [3.63, 3.8) is 0 Å². The Bertz CT molecular complexity index is 1290. The predicted molar refractivity (Wildman–Crippen MR) is 118 cm³/mol. The van der Waals surface area contributed by atoms with E-state index < -0.39 is 17.3 Å². The Morgan fingerprint density at radius 3 is 2.28 bits per heavy atom. The van der Waals surface area contributed by atoms with Crippen LogP contribution in [-0.4, -0.2) is 38.7 Å². The first-order valence-electron chi connectivity index (χ1n) is 10.6. The maximum atomic E-state index is 13.4. The van der Waals surface area contributed by atoms with Crippen LogP contribution < -0.4 is 14.9 Å². The summed E-state index contributed by atoms with van der Waals surface area (Å²) in [6.45, 7) is 6.69. The first kappa shape index (κ1) is 20.8. The van der Waals surface area contributed by atoms with Crippen LogP contribution in [-0.2, 0) is 12.8 Å². The molecule has 0 amide bonds. The van der Waals surface area contributed by atoms with Crippen LogP contribution in [0.3, 0.4) is 0 Å². The fourth-order valence-corrected chi connectivity index (χ4v) is 4.37. The molecule has 3 N–H and O–H groups in total. The highest BCUT2D eigenvalue weighted by Gasteiger charge is 2.38. The Hall–Kier alpha value is -3.03. The van der Waals surface area contributed by atoms with Crippen molar-refractivity contribution >= 4 is 11.0 Å². The molecule has 5 rings (SSSR count). The summed E-state index contributed by atoms with van der Waals surface area (Å²) in [6.07, 6.45) is 1.30. The van der Waals surface area contributed by atoms with Gasteiger partial charge in [0.2, 0.25) is 5.43 Å². The molecule has 32 heavy (non-hydrogen) atoms. The number of phenols is 1. The lowest BCUT2D eigenvalue weighted by molar-refractivity contribution is -0.0231. The molecule has 1 aromatic heterocycles. The highest BCUT2D eigenvalue weighted by molar-refractivity contribution is 5.90. The zero-order chi connectivity index (χ0) is 23.0. The van der Waals surface area contributed by atoms with Crippen LogP contribution >= 0.6 is 0 Å². The summed E-state index contributed by atoms with van der Waals surface area (Å²) in [5, 5.41) is 31.6. The molecule has 3 heterocycles. The smallest absolute Gasteiger partial charge is 0.204 e. The molecule has 0 aliphatic carbocycles. The molecule has 0 bridgehead atoms. The maximum absolute atomic E-state index is 13.4. The first-order valence-corrected chi connectivity index (χ1v) is 10.6. The number of hydrogen-bond donors (Lipinski definition) is 3. The first-order chi connectivity index (χ1) is 14.9. The molecular formula is C25H26O7. The predicted octanol–water partition coefficient (Wildman–Crippen LogP) is 3.31. The van der Waals surface area contributed by atoms with Gasteiger partial charge in [0.25, 0.3) is 0 Å². The van der Waals surface area contributed by atoms with Crippen molar-refractivity contribution in [3.8, 4) is 28.4 Å². The number of fused-ring (bicyclic) bond motifs is 3. The van der Waals surface area contributed by atoms with Crippen LogP contribution in [0.5, 0.6) is 17.2 Å². The molecule has 2 aliphatic rings. The zero-order valence-electron chi connectivity index (χ0n) is 18.4. The zero-order valence-corrected chi connectivity index (χ0v) is 18.4. The van der Waals surface area contributed by atoms with Gasteiger partial charge in [-0.05, 0) is 51.0 Å². The Morgan fingerprint density at radius 1 is 0.938 bits per heavy atom. The molecule has 0 radical (unpaired) electrons. The van der Waals surface area contributed by atoms with Gasteiger partial charge in [-0.2, -0.15) is 0 Å². The minimum atomic E-state index is -1.10. The lowest BCUT2D eigenvalue weighted by Gasteiger charge is -2.24. The number of phenolic OH excluding ortho intramolecular Hbond substituents is 1. The lowest BCUT2D eigenvalue weighted by Crippen LogP contribution is -2.39. The summed E-state index contributed by atoms with van der Waals surface area (Å²) in [5.74, 6) is 0.915. The molecule has 7 nitrogen and oxygen atoms in total. The summed E-state index contributed by atoms with van der Waals surface area (Å²) in [5.41, 5.74) is 0.127.